The molecule has 0 spiro atoms. The lowest BCUT2D eigenvalue weighted by molar-refractivity contribution is -0.143. The van der Waals surface area contributed by atoms with Crippen LogP contribution in [0.5, 0.6) is 0 Å². The van der Waals surface area contributed by atoms with Crippen LogP contribution in [-0.2, 0) is 46.4 Å². The van der Waals surface area contributed by atoms with Gasteiger partial charge in [0.25, 0.3) is 0 Å². The first kappa shape index (κ1) is 46.4. The zero-order valence-electron chi connectivity index (χ0n) is 34.1. The minimum atomic E-state index is -1.50. The highest BCUT2D eigenvalue weighted by atomic mass is 16.4. The Hall–Kier alpha value is -6.27. The topological polar surface area (TPSA) is 298 Å². The number of hydrogen-bond donors (Lipinski definition) is 11. The van der Waals surface area contributed by atoms with E-state index >= 15 is 0 Å². The molecule has 0 saturated carbocycles. The molecular formula is C42H56N8O10. The summed E-state index contributed by atoms with van der Waals surface area (Å²) < 4.78 is 0. The van der Waals surface area contributed by atoms with Crippen molar-refractivity contribution in [1.82, 2.24) is 36.6 Å². The Balaban J connectivity index is 1.45. The van der Waals surface area contributed by atoms with E-state index in [2.05, 4.69) is 36.6 Å². The number of carboxylic acid groups (broad SMARTS) is 2. The lowest BCUT2D eigenvalue weighted by Gasteiger charge is -2.29. The van der Waals surface area contributed by atoms with Gasteiger partial charge in [-0.25, -0.2) is 4.79 Å². The van der Waals surface area contributed by atoms with Crippen molar-refractivity contribution in [3.8, 4) is 0 Å². The molecule has 324 valence electrons. The maximum Gasteiger partial charge on any atom is 0.326 e. The summed E-state index contributed by atoms with van der Waals surface area (Å²) in [5.74, 6) is -7.43. The Morgan fingerprint density at radius 3 is 1.68 bits per heavy atom. The van der Waals surface area contributed by atoms with Crippen LogP contribution in [0.15, 0.2) is 60.9 Å². The van der Waals surface area contributed by atoms with E-state index in [4.69, 9.17) is 5.73 Å². The summed E-state index contributed by atoms with van der Waals surface area (Å²) in [6.45, 7) is 6.23. The van der Waals surface area contributed by atoms with Gasteiger partial charge in [0.05, 0.1) is 12.6 Å². The van der Waals surface area contributed by atoms with Crippen LogP contribution in [0, 0.1) is 11.8 Å². The van der Waals surface area contributed by atoms with Gasteiger partial charge in [0, 0.05) is 47.0 Å². The molecule has 12 N–H and O–H groups in total. The normalized spacial score (nSPS) is 14.9. The second kappa shape index (κ2) is 21.7. The van der Waals surface area contributed by atoms with Crippen LogP contribution < -0.4 is 32.3 Å². The fourth-order valence-corrected chi connectivity index (χ4v) is 6.82. The Bertz CT molecular complexity index is 2150. The molecule has 2 aromatic heterocycles. The molecule has 0 bridgehead atoms. The number of carboxylic acids is 2. The standard InChI is InChI=1S/C42H56N8O10/c1-5-23(4)36(41(58)46-31(14-15-35(52)53)38(55)48-33(42(59)60)18-25-20-45-30-13-9-7-11-27(25)30)50-39(56)32(16-22(2)3)47-40(57)34(21-51)49-37(54)28(43)17-24-19-44-29-12-8-6-10-26(24)29/h6-13,19-20,22-23,28,31-34,36,44-45,51H,5,14-18,21,43H2,1-4H3,(H,46,58)(H,47,57)(H,48,55)(H,49,54)(H,50,56)(H,52,53)(H,59,60)/t23-,28-,31-,32-,33-,34-,36-/m0/s1. The van der Waals surface area contributed by atoms with Gasteiger partial charge < -0.3 is 57.6 Å². The number of carbonyl (C=O) groups excluding carboxylic acids is 5. The molecule has 0 aliphatic carbocycles. The van der Waals surface area contributed by atoms with E-state index in [-0.39, 0.29) is 31.6 Å². The number of amides is 5. The van der Waals surface area contributed by atoms with Gasteiger partial charge in [-0.2, -0.15) is 0 Å². The van der Waals surface area contributed by atoms with E-state index in [0.717, 1.165) is 27.4 Å². The maximum atomic E-state index is 13.9. The van der Waals surface area contributed by atoms with E-state index < -0.39 is 96.7 Å². The quantitative estimate of drug-likeness (QED) is 0.0505. The number of nitrogens with one attached hydrogen (secondary N) is 7. The second-order valence-corrected chi connectivity index (χ2v) is 15.4. The summed E-state index contributed by atoms with van der Waals surface area (Å²) in [6.07, 6.45) is 2.92. The first-order chi connectivity index (χ1) is 28.5. The molecule has 0 aliphatic rings. The highest BCUT2D eigenvalue weighted by Gasteiger charge is 2.35. The van der Waals surface area contributed by atoms with Crippen molar-refractivity contribution >= 4 is 63.3 Å². The van der Waals surface area contributed by atoms with Gasteiger partial charge in [-0.3, -0.25) is 28.8 Å². The Morgan fingerprint density at radius 1 is 0.650 bits per heavy atom. The zero-order chi connectivity index (χ0) is 44.1. The number of H-pyrrole nitrogens is 2. The van der Waals surface area contributed by atoms with Gasteiger partial charge in [-0.15, -0.1) is 0 Å². The molecule has 2 heterocycles. The lowest BCUT2D eigenvalue weighted by Crippen LogP contribution is -2.61. The molecule has 0 radical (unpaired) electrons. The molecule has 4 rings (SSSR count). The number of rotatable bonds is 23. The average molecular weight is 833 g/mol. The predicted octanol–water partition coefficient (Wildman–Crippen LogP) is 1.22. The minimum absolute atomic E-state index is 0.0925. The minimum Gasteiger partial charge on any atom is -0.481 e. The van der Waals surface area contributed by atoms with Gasteiger partial charge >= 0.3 is 11.9 Å². The number of aromatic nitrogens is 2. The molecule has 4 aromatic rings. The number of para-hydroxylation sites is 2. The monoisotopic (exact) mass is 832 g/mol. The summed E-state index contributed by atoms with van der Waals surface area (Å²) in [7, 11) is 0. The summed E-state index contributed by atoms with van der Waals surface area (Å²) >= 11 is 0. The summed E-state index contributed by atoms with van der Waals surface area (Å²) in [6, 6.07) is 6.67. The van der Waals surface area contributed by atoms with Gasteiger partial charge in [0.1, 0.15) is 30.2 Å². The number of nitrogens with two attached hydrogens (primary N) is 1. The molecular weight excluding hydrogens is 777 g/mol. The number of aromatic amines is 2. The van der Waals surface area contributed by atoms with Crippen LogP contribution in [-0.4, -0.2) is 110 Å². The van der Waals surface area contributed by atoms with E-state index in [1.807, 2.05) is 36.4 Å². The van der Waals surface area contributed by atoms with Gasteiger partial charge in [-0.1, -0.05) is 70.5 Å². The second-order valence-electron chi connectivity index (χ2n) is 15.4. The smallest absolute Gasteiger partial charge is 0.326 e. The largest absolute Gasteiger partial charge is 0.481 e. The molecule has 2 aromatic carbocycles. The van der Waals surface area contributed by atoms with Crippen molar-refractivity contribution in [2.75, 3.05) is 6.61 Å². The maximum absolute atomic E-state index is 13.9. The third-order valence-electron chi connectivity index (χ3n) is 10.4. The average Bonchev–Trinajstić information content (AvgIpc) is 3.82. The summed E-state index contributed by atoms with van der Waals surface area (Å²) in [4.78, 5) is 97.9. The molecule has 0 unspecified atom stereocenters. The van der Waals surface area contributed by atoms with E-state index in [1.165, 1.54) is 0 Å². The summed E-state index contributed by atoms with van der Waals surface area (Å²) in [5.41, 5.74) is 9.21. The van der Waals surface area contributed by atoms with Crippen LogP contribution in [0.4, 0.5) is 0 Å². The number of aliphatic hydroxyl groups is 1. The highest BCUT2D eigenvalue weighted by molar-refractivity contribution is 5.97. The SMILES string of the molecule is CC[C@H](C)[C@H](NC(=O)[C@H](CC(C)C)NC(=O)[C@H](CO)NC(=O)[C@@H](N)Cc1c[nH]c2ccccc12)C(=O)N[C@@H](CCC(=O)O)C(=O)N[C@@H](Cc1c[nH]c2ccccc12)C(=O)O. The fourth-order valence-electron chi connectivity index (χ4n) is 6.82. The summed E-state index contributed by atoms with van der Waals surface area (Å²) in [5, 5.41) is 43.8. The Morgan fingerprint density at radius 2 is 1.15 bits per heavy atom. The van der Waals surface area contributed by atoms with E-state index in [0.29, 0.717) is 12.0 Å². The van der Waals surface area contributed by atoms with Crippen molar-refractivity contribution in [3.05, 3.63) is 72.1 Å². The van der Waals surface area contributed by atoms with Crippen LogP contribution in [0.25, 0.3) is 21.8 Å². The number of aliphatic hydroxyl groups excluding tert-OH is 1. The molecule has 18 heteroatoms. The van der Waals surface area contributed by atoms with Crippen molar-refractivity contribution in [2.45, 2.75) is 102 Å². The Labute approximate surface area is 346 Å². The van der Waals surface area contributed by atoms with Crippen molar-refractivity contribution in [2.24, 2.45) is 17.6 Å². The molecule has 0 aliphatic heterocycles. The zero-order valence-corrected chi connectivity index (χ0v) is 34.1. The van der Waals surface area contributed by atoms with Crippen molar-refractivity contribution in [1.29, 1.82) is 0 Å². The Kier molecular flexibility index (Phi) is 16.8. The molecule has 0 saturated heterocycles. The first-order valence-electron chi connectivity index (χ1n) is 20.0. The van der Waals surface area contributed by atoms with Crippen LogP contribution in [0.2, 0.25) is 0 Å². The van der Waals surface area contributed by atoms with Crippen LogP contribution >= 0.6 is 0 Å². The number of fused-ring (bicyclic) bond motifs is 2. The van der Waals surface area contributed by atoms with Crippen molar-refractivity contribution < 1.29 is 48.9 Å². The van der Waals surface area contributed by atoms with Crippen molar-refractivity contribution in [3.63, 3.8) is 0 Å². The lowest BCUT2D eigenvalue weighted by atomic mass is 9.96. The molecule has 0 fully saturated rings. The molecule has 7 atom stereocenters. The fraction of sp³-hybridized carbons (Fsp3) is 0.452. The molecule has 18 nitrogen and oxygen atoms in total. The predicted molar refractivity (Wildman–Crippen MR) is 222 cm³/mol. The van der Waals surface area contributed by atoms with Gasteiger partial charge in [0.15, 0.2) is 0 Å². The molecule has 60 heavy (non-hydrogen) atoms. The van der Waals surface area contributed by atoms with Crippen LogP contribution in [0.1, 0.15) is 64.5 Å². The number of hydrogen-bond acceptors (Lipinski definition) is 9. The highest BCUT2D eigenvalue weighted by Crippen LogP contribution is 2.21. The number of benzene rings is 2. The van der Waals surface area contributed by atoms with E-state index in [9.17, 15) is 48.9 Å². The van der Waals surface area contributed by atoms with E-state index in [1.54, 1.807) is 52.2 Å². The third kappa shape index (κ3) is 12.6. The third-order valence-corrected chi connectivity index (χ3v) is 10.4. The van der Waals surface area contributed by atoms with Crippen LogP contribution in [0.3, 0.4) is 0 Å². The first-order valence-corrected chi connectivity index (χ1v) is 20.0. The number of carbonyl (C=O) groups is 7. The number of aliphatic carboxylic acids is 2. The molecule has 5 amide bonds. The van der Waals surface area contributed by atoms with Gasteiger partial charge in [-0.05, 0) is 54.4 Å². The van der Waals surface area contributed by atoms with Gasteiger partial charge in [0.2, 0.25) is 29.5 Å².